The number of rotatable bonds is 2. The summed E-state index contributed by atoms with van der Waals surface area (Å²) in [7, 11) is 0. The van der Waals surface area contributed by atoms with E-state index in [1.54, 1.807) is 6.92 Å². The van der Waals surface area contributed by atoms with Gasteiger partial charge in [0.15, 0.2) is 5.78 Å². The Kier molecular flexibility index (Phi) is 4.77. The highest BCUT2D eigenvalue weighted by Gasteiger charge is 2.35. The molecule has 1 saturated heterocycles. The number of hydrogen-bond acceptors (Lipinski definition) is 3. The van der Waals surface area contributed by atoms with E-state index < -0.39 is 11.7 Å². The van der Waals surface area contributed by atoms with Gasteiger partial charge in [-0.2, -0.15) is 0 Å². The summed E-state index contributed by atoms with van der Waals surface area (Å²) >= 11 is 0. The highest BCUT2D eigenvalue weighted by atomic mass is 16.6. The average Bonchev–Trinajstić information content (AvgIpc) is 2.72. The second-order valence-electron chi connectivity index (χ2n) is 5.40. The van der Waals surface area contributed by atoms with Gasteiger partial charge < -0.3 is 4.74 Å². The van der Waals surface area contributed by atoms with Crippen LogP contribution in [-0.2, 0) is 9.53 Å². The van der Waals surface area contributed by atoms with E-state index in [-0.39, 0.29) is 18.2 Å². The van der Waals surface area contributed by atoms with E-state index in [0.29, 0.717) is 13.0 Å². The number of amides is 1. The van der Waals surface area contributed by atoms with Crippen molar-refractivity contribution in [2.75, 3.05) is 6.54 Å². The SMILES string of the molecule is CC#CCC(=O)[C@@H]1CCCN1C(=O)OC(C)(C)C. The van der Waals surface area contributed by atoms with Crippen LogP contribution in [-0.4, -0.2) is 35.0 Å². The van der Waals surface area contributed by atoms with Crippen LogP contribution in [0.5, 0.6) is 0 Å². The van der Waals surface area contributed by atoms with Crippen LogP contribution in [0.4, 0.5) is 4.79 Å². The molecule has 0 aliphatic carbocycles. The number of carbonyl (C=O) groups excluding carboxylic acids is 2. The Hall–Kier alpha value is -1.50. The Labute approximate surface area is 109 Å². The first-order valence-corrected chi connectivity index (χ1v) is 6.27. The molecule has 1 aliphatic heterocycles. The van der Waals surface area contributed by atoms with Gasteiger partial charge in [-0.3, -0.25) is 9.69 Å². The van der Waals surface area contributed by atoms with Gasteiger partial charge in [0, 0.05) is 6.54 Å². The maximum Gasteiger partial charge on any atom is 0.410 e. The third-order valence-corrected chi connectivity index (χ3v) is 2.69. The van der Waals surface area contributed by atoms with E-state index in [0.717, 1.165) is 6.42 Å². The predicted octanol–water partition coefficient (Wildman–Crippen LogP) is 2.37. The molecule has 1 aliphatic rings. The van der Waals surface area contributed by atoms with Crippen molar-refractivity contribution in [3.8, 4) is 11.8 Å². The van der Waals surface area contributed by atoms with Crippen LogP contribution in [0.3, 0.4) is 0 Å². The van der Waals surface area contributed by atoms with Crippen molar-refractivity contribution in [2.24, 2.45) is 0 Å². The lowest BCUT2D eigenvalue weighted by atomic mass is 10.1. The van der Waals surface area contributed by atoms with E-state index in [1.165, 1.54) is 4.90 Å². The van der Waals surface area contributed by atoms with Crippen molar-refractivity contribution in [1.82, 2.24) is 4.90 Å². The van der Waals surface area contributed by atoms with E-state index in [1.807, 2.05) is 20.8 Å². The number of ether oxygens (including phenoxy) is 1. The maximum atomic E-state index is 12.0. The predicted molar refractivity (Wildman–Crippen MR) is 69.0 cm³/mol. The summed E-state index contributed by atoms with van der Waals surface area (Å²) in [6.45, 7) is 7.75. The summed E-state index contributed by atoms with van der Waals surface area (Å²) in [4.78, 5) is 25.4. The van der Waals surface area contributed by atoms with Gasteiger partial charge in [-0.05, 0) is 40.5 Å². The molecule has 0 aromatic rings. The third kappa shape index (κ3) is 4.06. The quantitative estimate of drug-likeness (QED) is 0.708. The molecule has 1 heterocycles. The normalized spacial score (nSPS) is 19.1. The lowest BCUT2D eigenvalue weighted by Gasteiger charge is -2.27. The van der Waals surface area contributed by atoms with Crippen LogP contribution in [0.1, 0.15) is 47.0 Å². The van der Waals surface area contributed by atoms with Gasteiger partial charge >= 0.3 is 6.09 Å². The number of carbonyl (C=O) groups is 2. The minimum absolute atomic E-state index is 0.00714. The summed E-state index contributed by atoms with van der Waals surface area (Å²) in [6.07, 6.45) is 1.36. The topological polar surface area (TPSA) is 46.6 Å². The lowest BCUT2D eigenvalue weighted by molar-refractivity contribution is -0.122. The molecule has 0 unspecified atom stereocenters. The molecule has 0 aromatic carbocycles. The van der Waals surface area contributed by atoms with Crippen LogP contribution >= 0.6 is 0 Å². The highest BCUT2D eigenvalue weighted by Crippen LogP contribution is 2.22. The van der Waals surface area contributed by atoms with E-state index in [4.69, 9.17) is 4.74 Å². The highest BCUT2D eigenvalue weighted by molar-refractivity contribution is 5.89. The molecule has 0 bridgehead atoms. The van der Waals surface area contributed by atoms with Crippen LogP contribution in [0.15, 0.2) is 0 Å². The lowest BCUT2D eigenvalue weighted by Crippen LogP contribution is -2.43. The first-order valence-electron chi connectivity index (χ1n) is 6.27. The zero-order valence-electron chi connectivity index (χ0n) is 11.6. The number of likely N-dealkylation sites (tertiary alicyclic amines) is 1. The summed E-state index contributed by atoms with van der Waals surface area (Å²) in [6, 6.07) is -0.360. The molecular weight excluding hydrogens is 230 g/mol. The molecule has 18 heavy (non-hydrogen) atoms. The van der Waals surface area contributed by atoms with Crippen molar-refractivity contribution in [3.05, 3.63) is 0 Å². The molecule has 0 saturated carbocycles. The fraction of sp³-hybridized carbons (Fsp3) is 0.714. The summed E-state index contributed by atoms with van der Waals surface area (Å²) in [5, 5.41) is 0. The van der Waals surface area contributed by atoms with Crippen LogP contribution in [0, 0.1) is 11.8 Å². The summed E-state index contributed by atoms with van der Waals surface area (Å²) < 4.78 is 5.31. The molecule has 0 spiro atoms. The van der Waals surface area contributed by atoms with Gasteiger partial charge in [0.25, 0.3) is 0 Å². The second-order valence-corrected chi connectivity index (χ2v) is 5.40. The Morgan fingerprint density at radius 2 is 2.06 bits per heavy atom. The molecule has 0 N–H and O–H groups in total. The number of ketones is 1. The van der Waals surface area contributed by atoms with Crippen LogP contribution in [0.25, 0.3) is 0 Å². The largest absolute Gasteiger partial charge is 0.444 e. The molecule has 1 amide bonds. The van der Waals surface area contributed by atoms with Gasteiger partial charge in [-0.15, -0.1) is 5.92 Å². The summed E-state index contributed by atoms with van der Waals surface area (Å²) in [5.41, 5.74) is -0.531. The first-order chi connectivity index (χ1) is 8.35. The zero-order valence-corrected chi connectivity index (χ0v) is 11.6. The molecule has 100 valence electrons. The summed E-state index contributed by atoms with van der Waals surface area (Å²) in [5.74, 6) is 5.46. The molecule has 0 radical (unpaired) electrons. The van der Waals surface area contributed by atoms with Crippen molar-refractivity contribution >= 4 is 11.9 Å². The average molecular weight is 251 g/mol. The smallest absolute Gasteiger partial charge is 0.410 e. The van der Waals surface area contributed by atoms with Gasteiger partial charge in [0.05, 0.1) is 12.5 Å². The Balaban J connectivity index is 2.66. The Morgan fingerprint density at radius 1 is 1.39 bits per heavy atom. The Morgan fingerprint density at radius 3 is 2.61 bits per heavy atom. The molecule has 1 atom stereocenters. The second kappa shape index (κ2) is 5.90. The fourth-order valence-electron chi connectivity index (χ4n) is 1.93. The van der Waals surface area contributed by atoms with Crippen molar-refractivity contribution in [3.63, 3.8) is 0 Å². The number of hydrogen-bond donors (Lipinski definition) is 0. The molecular formula is C14H21NO3. The van der Waals surface area contributed by atoms with Crippen LogP contribution in [0.2, 0.25) is 0 Å². The van der Waals surface area contributed by atoms with Crippen molar-refractivity contribution in [2.45, 2.75) is 58.6 Å². The number of nitrogens with zero attached hydrogens (tertiary/aromatic N) is 1. The maximum absolute atomic E-state index is 12.0. The van der Waals surface area contributed by atoms with E-state index in [2.05, 4.69) is 11.8 Å². The monoisotopic (exact) mass is 251 g/mol. The van der Waals surface area contributed by atoms with Gasteiger partial charge in [-0.1, -0.05) is 5.92 Å². The van der Waals surface area contributed by atoms with Crippen molar-refractivity contribution < 1.29 is 14.3 Å². The van der Waals surface area contributed by atoms with Gasteiger partial charge in [0.2, 0.25) is 0 Å². The standard InChI is InChI=1S/C14H21NO3/c1-5-6-9-12(16)11-8-7-10-15(11)13(17)18-14(2,3)4/h11H,7-10H2,1-4H3/t11-/m0/s1. The minimum Gasteiger partial charge on any atom is -0.444 e. The number of Topliss-reactive ketones (excluding diaryl/α,β-unsaturated/α-hetero) is 1. The zero-order chi connectivity index (χ0) is 13.8. The van der Waals surface area contributed by atoms with E-state index in [9.17, 15) is 9.59 Å². The van der Waals surface area contributed by atoms with Gasteiger partial charge in [-0.25, -0.2) is 4.79 Å². The van der Waals surface area contributed by atoms with Gasteiger partial charge in [0.1, 0.15) is 5.60 Å². The minimum atomic E-state index is -0.531. The fourth-order valence-corrected chi connectivity index (χ4v) is 1.93. The van der Waals surface area contributed by atoms with E-state index >= 15 is 0 Å². The molecule has 1 fully saturated rings. The first kappa shape index (κ1) is 14.6. The third-order valence-electron chi connectivity index (χ3n) is 2.69. The molecule has 4 nitrogen and oxygen atoms in total. The van der Waals surface area contributed by atoms with Crippen LogP contribution < -0.4 is 0 Å². The Bertz CT molecular complexity index is 384. The van der Waals surface area contributed by atoms with Crippen molar-refractivity contribution in [1.29, 1.82) is 0 Å². The molecule has 0 aromatic heterocycles. The molecule has 4 heteroatoms. The molecule has 1 rings (SSSR count).